The summed E-state index contributed by atoms with van der Waals surface area (Å²) in [6.45, 7) is 5.13. The van der Waals surface area contributed by atoms with Gasteiger partial charge in [-0.25, -0.2) is 4.79 Å². The minimum absolute atomic E-state index is 0.0162. The van der Waals surface area contributed by atoms with E-state index in [2.05, 4.69) is 5.32 Å². The zero-order valence-electron chi connectivity index (χ0n) is 21.7. The summed E-state index contributed by atoms with van der Waals surface area (Å²) in [6.07, 6.45) is 3.77. The molecule has 1 aliphatic heterocycles. The van der Waals surface area contributed by atoms with E-state index in [1.807, 2.05) is 24.8 Å². The summed E-state index contributed by atoms with van der Waals surface area (Å²) in [4.78, 5) is 46.8. The molecule has 0 amide bonds. The van der Waals surface area contributed by atoms with Gasteiger partial charge < -0.3 is 25.1 Å². The lowest BCUT2D eigenvalue weighted by Crippen LogP contribution is -2.44. The average molecular weight is 543 g/mol. The van der Waals surface area contributed by atoms with Gasteiger partial charge in [-0.3, -0.25) is 22.9 Å². The number of aryl methyl sites for hydroxylation is 1. The number of fused-ring (bicyclic) bond motifs is 1. The molecule has 2 aromatic heterocycles. The number of hydrogen-bond acceptors (Lipinski definition) is 9. The lowest BCUT2D eigenvalue weighted by atomic mass is 10.1. The number of benzene rings is 1. The lowest BCUT2D eigenvalue weighted by Gasteiger charge is -2.31. The van der Waals surface area contributed by atoms with Gasteiger partial charge in [0.25, 0.3) is 5.56 Å². The number of carbonyl (C=O) groups is 1. The Labute approximate surface area is 222 Å². The first-order chi connectivity index (χ1) is 18.1. The number of nitrogens with one attached hydrogen (secondary N) is 1. The third-order valence-corrected chi connectivity index (χ3v) is 6.90. The molecule has 1 aliphatic rings. The van der Waals surface area contributed by atoms with Crippen LogP contribution in [0.25, 0.3) is 11.2 Å². The Kier molecular flexibility index (Phi) is 8.29. The van der Waals surface area contributed by atoms with Crippen LogP contribution in [0.3, 0.4) is 0 Å². The second kappa shape index (κ2) is 11.5. The molecule has 1 aromatic carbocycles. The van der Waals surface area contributed by atoms with Crippen LogP contribution < -0.4 is 27.2 Å². The Morgan fingerprint density at radius 2 is 2.05 bits per heavy atom. The number of ketones is 1. The molecule has 204 valence electrons. The van der Waals surface area contributed by atoms with Gasteiger partial charge in [-0.05, 0) is 49.9 Å². The largest absolute Gasteiger partial charge is 0.771 e. The van der Waals surface area contributed by atoms with E-state index in [0.29, 0.717) is 24.7 Å². The number of aromatic nitrogens is 4. The first-order valence-corrected chi connectivity index (χ1v) is 13.6. The van der Waals surface area contributed by atoms with Crippen LogP contribution >= 0.6 is 0 Å². The Hall–Kier alpha value is -3.55. The van der Waals surface area contributed by atoms with Gasteiger partial charge in [0.05, 0.1) is 12.4 Å². The van der Waals surface area contributed by atoms with Crippen molar-refractivity contribution in [2.45, 2.75) is 45.8 Å². The number of nitrogens with zero attached hydrogens (tertiary/aromatic N) is 5. The fraction of sp³-hybridized carbons (Fsp3) is 0.440. The molecule has 1 fully saturated rings. The summed E-state index contributed by atoms with van der Waals surface area (Å²) in [7, 11) is 1.53. The number of piperidine rings is 1. The summed E-state index contributed by atoms with van der Waals surface area (Å²) >= 11 is -2.30. The first kappa shape index (κ1) is 27.5. The van der Waals surface area contributed by atoms with Crippen LogP contribution in [-0.2, 0) is 31.2 Å². The third-order valence-electron chi connectivity index (χ3n) is 6.52. The van der Waals surface area contributed by atoms with Gasteiger partial charge >= 0.3 is 5.69 Å². The molecule has 0 radical (unpaired) electrons. The van der Waals surface area contributed by atoms with Crippen molar-refractivity contribution in [3.63, 3.8) is 0 Å². The standard InChI is InChI=1S/C25H33N7O5S/c1-16(2)9-11-31-21-22(28-24(31)30-10-5-7-18(26)13-30)29(3)25(35)32(23(21)34)14-20(33)17-6-4-8-19(12-17)27-15-38(36)37/h4,6,8-9,12,18,27H,5,7,10-11,13-15,26H2,1-3H3,(H,36,37)/p-1. The van der Waals surface area contributed by atoms with Crippen molar-refractivity contribution in [3.8, 4) is 0 Å². The molecule has 1 saturated heterocycles. The summed E-state index contributed by atoms with van der Waals surface area (Å²) < 4.78 is 25.7. The summed E-state index contributed by atoms with van der Waals surface area (Å²) in [5.41, 5.74) is 7.16. The van der Waals surface area contributed by atoms with E-state index >= 15 is 0 Å². The van der Waals surface area contributed by atoms with Crippen LogP contribution in [0.5, 0.6) is 0 Å². The van der Waals surface area contributed by atoms with Crippen molar-refractivity contribution in [1.29, 1.82) is 0 Å². The normalized spacial score (nSPS) is 16.4. The zero-order valence-corrected chi connectivity index (χ0v) is 22.5. The molecule has 12 nitrogen and oxygen atoms in total. The Morgan fingerprint density at radius 1 is 1.29 bits per heavy atom. The molecule has 0 saturated carbocycles. The van der Waals surface area contributed by atoms with Gasteiger partial charge in [-0.2, -0.15) is 4.98 Å². The number of carbonyl (C=O) groups excluding carboxylic acids is 1. The molecule has 2 atom stereocenters. The van der Waals surface area contributed by atoms with E-state index in [0.717, 1.165) is 29.5 Å². The molecule has 13 heteroatoms. The average Bonchev–Trinajstić information content (AvgIpc) is 3.27. The number of rotatable bonds is 9. The van der Waals surface area contributed by atoms with E-state index < -0.39 is 34.7 Å². The maximum absolute atomic E-state index is 13.7. The van der Waals surface area contributed by atoms with Crippen LogP contribution in [0.4, 0.5) is 11.6 Å². The fourth-order valence-electron chi connectivity index (χ4n) is 4.56. The second-order valence-corrected chi connectivity index (χ2v) is 10.6. The minimum Gasteiger partial charge on any atom is -0.771 e. The molecule has 3 aromatic rings. The Bertz CT molecular complexity index is 1530. The number of imidazole rings is 1. The molecule has 3 heterocycles. The van der Waals surface area contributed by atoms with Crippen molar-refractivity contribution in [2.24, 2.45) is 12.8 Å². The van der Waals surface area contributed by atoms with Crippen molar-refractivity contribution < 1.29 is 13.6 Å². The third kappa shape index (κ3) is 5.79. The topological polar surface area (TPSA) is 160 Å². The summed E-state index contributed by atoms with van der Waals surface area (Å²) in [6, 6.07) is 6.23. The van der Waals surface area contributed by atoms with Crippen molar-refractivity contribution in [3.05, 3.63) is 62.3 Å². The van der Waals surface area contributed by atoms with Gasteiger partial charge in [0.2, 0.25) is 5.95 Å². The molecule has 0 spiro atoms. The van der Waals surface area contributed by atoms with Crippen LogP contribution in [-0.4, -0.2) is 58.2 Å². The highest BCUT2D eigenvalue weighted by Crippen LogP contribution is 2.23. The Balaban J connectivity index is 1.78. The predicted molar refractivity (Wildman–Crippen MR) is 146 cm³/mol. The SMILES string of the molecule is CC(C)=CCn1c(N2CCCC(N)C2)nc2c1c(=O)n(CC(=O)c1cccc(NCS(=O)[O-])c1)c(=O)n2C. The molecule has 38 heavy (non-hydrogen) atoms. The predicted octanol–water partition coefficient (Wildman–Crippen LogP) is 0.922. The highest BCUT2D eigenvalue weighted by atomic mass is 32.2. The van der Waals surface area contributed by atoms with Crippen molar-refractivity contribution in [1.82, 2.24) is 18.7 Å². The number of hydrogen-bond donors (Lipinski definition) is 2. The van der Waals surface area contributed by atoms with E-state index in [1.54, 1.807) is 22.8 Å². The fourth-order valence-corrected chi connectivity index (χ4v) is 4.84. The van der Waals surface area contributed by atoms with Crippen LogP contribution in [0.2, 0.25) is 0 Å². The molecule has 0 aliphatic carbocycles. The molecule has 3 N–H and O–H groups in total. The Morgan fingerprint density at radius 3 is 2.74 bits per heavy atom. The monoisotopic (exact) mass is 542 g/mol. The van der Waals surface area contributed by atoms with E-state index in [4.69, 9.17) is 10.7 Å². The maximum Gasteiger partial charge on any atom is 0.332 e. The zero-order chi connectivity index (χ0) is 27.6. The molecule has 4 rings (SSSR count). The van der Waals surface area contributed by atoms with Gasteiger partial charge in [0, 0.05) is 44.0 Å². The smallest absolute Gasteiger partial charge is 0.332 e. The molecule has 2 unspecified atom stereocenters. The number of nitrogens with two attached hydrogens (primary N) is 1. The van der Waals surface area contributed by atoms with Gasteiger partial charge in [-0.15, -0.1) is 0 Å². The molecular formula is C25H32N7O5S-. The quantitative estimate of drug-likeness (QED) is 0.228. The van der Waals surface area contributed by atoms with Crippen molar-refractivity contribution in [2.75, 3.05) is 29.2 Å². The van der Waals surface area contributed by atoms with Crippen molar-refractivity contribution >= 4 is 39.7 Å². The second-order valence-electron chi connectivity index (χ2n) is 9.69. The first-order valence-electron chi connectivity index (χ1n) is 12.3. The highest BCUT2D eigenvalue weighted by molar-refractivity contribution is 7.79. The molecule has 0 bridgehead atoms. The number of anilines is 2. The van der Waals surface area contributed by atoms with Gasteiger partial charge in [0.15, 0.2) is 16.9 Å². The maximum atomic E-state index is 13.7. The number of allylic oxidation sites excluding steroid dienone is 2. The van der Waals surface area contributed by atoms with E-state index in [-0.39, 0.29) is 28.6 Å². The van der Waals surface area contributed by atoms with Crippen LogP contribution in [0, 0.1) is 0 Å². The summed E-state index contributed by atoms with van der Waals surface area (Å²) in [5, 5.41) is 2.70. The van der Waals surface area contributed by atoms with E-state index in [1.165, 1.54) is 17.7 Å². The minimum atomic E-state index is -2.30. The van der Waals surface area contributed by atoms with Gasteiger partial charge in [0.1, 0.15) is 0 Å². The summed E-state index contributed by atoms with van der Waals surface area (Å²) in [5.74, 6) is -0.208. The lowest BCUT2D eigenvalue weighted by molar-refractivity contribution is 0.0969. The highest BCUT2D eigenvalue weighted by Gasteiger charge is 2.26. The van der Waals surface area contributed by atoms with E-state index in [9.17, 15) is 23.1 Å². The van der Waals surface area contributed by atoms with Gasteiger partial charge in [-0.1, -0.05) is 23.8 Å². The van der Waals surface area contributed by atoms with Crippen LogP contribution in [0.1, 0.15) is 37.0 Å². The number of Topliss-reactive ketones (excluding diaryl/α,β-unsaturated/α-hetero) is 1. The van der Waals surface area contributed by atoms with Crippen LogP contribution in [0.15, 0.2) is 45.5 Å². The molecular weight excluding hydrogens is 510 g/mol.